The SMILES string of the molecule is CCCCCC[N+](CCC)(CCC)c1ccccc1.[Cl-]. The highest BCUT2D eigenvalue weighted by Gasteiger charge is 2.27. The summed E-state index contributed by atoms with van der Waals surface area (Å²) in [4.78, 5) is 0. The number of benzene rings is 1. The van der Waals surface area contributed by atoms with Gasteiger partial charge in [0.1, 0.15) is 5.69 Å². The lowest BCUT2D eigenvalue weighted by atomic mass is 10.1. The third kappa shape index (κ3) is 5.85. The first-order valence-electron chi connectivity index (χ1n) is 8.20. The van der Waals surface area contributed by atoms with Crippen LogP contribution in [0.4, 0.5) is 5.69 Å². The van der Waals surface area contributed by atoms with Crippen molar-refractivity contribution >= 4 is 5.69 Å². The van der Waals surface area contributed by atoms with E-state index >= 15 is 0 Å². The molecule has 2 heteroatoms. The van der Waals surface area contributed by atoms with E-state index in [1.165, 1.54) is 68.3 Å². The molecule has 0 bridgehead atoms. The molecule has 0 heterocycles. The molecule has 0 aliphatic carbocycles. The van der Waals surface area contributed by atoms with Crippen molar-refractivity contribution in [3.8, 4) is 0 Å². The molecule has 0 saturated heterocycles. The molecule has 116 valence electrons. The number of para-hydroxylation sites is 1. The number of unbranched alkanes of at least 4 members (excludes halogenated alkanes) is 3. The summed E-state index contributed by atoms with van der Waals surface area (Å²) in [6.07, 6.45) is 7.99. The van der Waals surface area contributed by atoms with E-state index in [-0.39, 0.29) is 12.4 Å². The largest absolute Gasteiger partial charge is 1.00 e. The number of quaternary nitrogens is 1. The van der Waals surface area contributed by atoms with Gasteiger partial charge in [-0.2, -0.15) is 0 Å². The van der Waals surface area contributed by atoms with E-state index in [4.69, 9.17) is 0 Å². The van der Waals surface area contributed by atoms with Gasteiger partial charge in [-0.25, -0.2) is 0 Å². The summed E-state index contributed by atoms with van der Waals surface area (Å²) in [6.45, 7) is 10.8. The van der Waals surface area contributed by atoms with Crippen LogP contribution in [0.1, 0.15) is 59.3 Å². The van der Waals surface area contributed by atoms with Crippen LogP contribution in [-0.2, 0) is 0 Å². The second-order valence-corrected chi connectivity index (χ2v) is 5.71. The maximum atomic E-state index is 2.32. The van der Waals surface area contributed by atoms with E-state index < -0.39 is 0 Å². The molecule has 0 atom stereocenters. The van der Waals surface area contributed by atoms with Crippen molar-refractivity contribution in [2.75, 3.05) is 19.6 Å². The number of rotatable bonds is 10. The average Bonchev–Trinajstić information content (AvgIpc) is 2.45. The van der Waals surface area contributed by atoms with Gasteiger partial charge in [-0.3, -0.25) is 4.48 Å². The summed E-state index contributed by atoms with van der Waals surface area (Å²) in [5.41, 5.74) is 1.52. The third-order valence-electron chi connectivity index (χ3n) is 4.05. The zero-order valence-electron chi connectivity index (χ0n) is 13.6. The van der Waals surface area contributed by atoms with Crippen molar-refractivity contribution in [2.45, 2.75) is 59.3 Å². The lowest BCUT2D eigenvalue weighted by molar-refractivity contribution is -0.00000422. The lowest BCUT2D eigenvalue weighted by Crippen LogP contribution is -3.00. The molecule has 0 N–H and O–H groups in total. The average molecular weight is 298 g/mol. The molecule has 1 nitrogen and oxygen atoms in total. The Balaban J connectivity index is 0.00000361. The Kier molecular flexibility index (Phi) is 10.9. The van der Waals surface area contributed by atoms with Gasteiger partial charge in [0.15, 0.2) is 0 Å². The Hall–Kier alpha value is -0.530. The monoisotopic (exact) mass is 297 g/mol. The normalized spacial score (nSPS) is 11.2. The molecule has 20 heavy (non-hydrogen) atoms. The van der Waals surface area contributed by atoms with E-state index in [2.05, 4.69) is 51.1 Å². The molecule has 0 spiro atoms. The van der Waals surface area contributed by atoms with E-state index in [0.29, 0.717) is 0 Å². The highest BCUT2D eigenvalue weighted by molar-refractivity contribution is 5.42. The Morgan fingerprint density at radius 1 is 0.700 bits per heavy atom. The van der Waals surface area contributed by atoms with Gasteiger partial charge < -0.3 is 12.4 Å². The Morgan fingerprint density at radius 2 is 1.30 bits per heavy atom. The quantitative estimate of drug-likeness (QED) is 0.459. The van der Waals surface area contributed by atoms with E-state index in [1.807, 2.05) is 0 Å². The molecule has 1 aromatic carbocycles. The number of halogens is 1. The number of hydrogen-bond acceptors (Lipinski definition) is 0. The molecule has 0 amide bonds. The fraction of sp³-hybridized carbons (Fsp3) is 0.667. The Bertz CT molecular complexity index is 317. The third-order valence-corrected chi connectivity index (χ3v) is 4.05. The zero-order valence-corrected chi connectivity index (χ0v) is 14.3. The maximum Gasteiger partial charge on any atom is 0.132 e. The first-order chi connectivity index (χ1) is 9.29. The Labute approximate surface area is 132 Å². The van der Waals surface area contributed by atoms with Gasteiger partial charge in [-0.05, 0) is 37.8 Å². The van der Waals surface area contributed by atoms with Gasteiger partial charge in [0.05, 0.1) is 19.6 Å². The zero-order chi connectivity index (χ0) is 14.0. The summed E-state index contributed by atoms with van der Waals surface area (Å²) in [6, 6.07) is 11.2. The van der Waals surface area contributed by atoms with Gasteiger partial charge in [-0.1, -0.05) is 51.8 Å². The van der Waals surface area contributed by atoms with Crippen LogP contribution in [-0.4, -0.2) is 19.6 Å². The van der Waals surface area contributed by atoms with Crippen LogP contribution in [0.3, 0.4) is 0 Å². The van der Waals surface area contributed by atoms with E-state index in [0.717, 1.165) is 0 Å². The molecule has 0 aromatic heterocycles. The Morgan fingerprint density at radius 3 is 1.80 bits per heavy atom. The van der Waals surface area contributed by atoms with Crippen molar-refractivity contribution < 1.29 is 12.4 Å². The van der Waals surface area contributed by atoms with Gasteiger partial charge in [0, 0.05) is 0 Å². The minimum atomic E-state index is 0. The molecule has 0 unspecified atom stereocenters. The minimum absolute atomic E-state index is 0. The first kappa shape index (κ1) is 19.5. The number of nitrogens with zero attached hydrogens (tertiary/aromatic N) is 1. The van der Waals surface area contributed by atoms with E-state index in [1.54, 1.807) is 0 Å². The summed E-state index contributed by atoms with van der Waals surface area (Å²) < 4.78 is 1.19. The summed E-state index contributed by atoms with van der Waals surface area (Å²) in [7, 11) is 0. The predicted molar refractivity (Wildman–Crippen MR) is 87.6 cm³/mol. The van der Waals surface area contributed by atoms with Crippen LogP contribution in [0.2, 0.25) is 0 Å². The van der Waals surface area contributed by atoms with Crippen LogP contribution in [0, 0.1) is 0 Å². The highest BCUT2D eigenvalue weighted by atomic mass is 35.5. The van der Waals surface area contributed by atoms with Crippen molar-refractivity contribution in [1.29, 1.82) is 0 Å². The second-order valence-electron chi connectivity index (χ2n) is 5.71. The smallest absolute Gasteiger partial charge is 0.132 e. The van der Waals surface area contributed by atoms with Crippen LogP contribution in [0.25, 0.3) is 0 Å². The van der Waals surface area contributed by atoms with Crippen LogP contribution in [0.15, 0.2) is 30.3 Å². The van der Waals surface area contributed by atoms with Gasteiger partial charge in [0.25, 0.3) is 0 Å². The molecule has 0 radical (unpaired) electrons. The maximum absolute atomic E-state index is 2.32. The van der Waals surface area contributed by atoms with Crippen LogP contribution < -0.4 is 16.9 Å². The summed E-state index contributed by atoms with van der Waals surface area (Å²) >= 11 is 0. The minimum Gasteiger partial charge on any atom is -1.00 e. The molecule has 0 saturated carbocycles. The molecule has 1 aromatic rings. The molecule has 0 fully saturated rings. The molecular weight excluding hydrogens is 266 g/mol. The van der Waals surface area contributed by atoms with Crippen molar-refractivity contribution in [2.24, 2.45) is 0 Å². The highest BCUT2D eigenvalue weighted by Crippen LogP contribution is 2.25. The summed E-state index contributed by atoms with van der Waals surface area (Å²) in [5.74, 6) is 0. The topological polar surface area (TPSA) is 0 Å². The van der Waals surface area contributed by atoms with Gasteiger partial charge in [-0.15, -0.1) is 0 Å². The molecule has 1 rings (SSSR count). The standard InChI is InChI=1S/C18H32N.ClH/c1-4-7-8-12-17-19(15-5-2,16-6-3)18-13-10-9-11-14-18;/h9-11,13-14H,4-8,12,15-17H2,1-3H3;1H/q+1;/p-1. The molecule has 0 aliphatic rings. The predicted octanol–water partition coefficient (Wildman–Crippen LogP) is 2.40. The molecule has 0 aliphatic heterocycles. The van der Waals surface area contributed by atoms with Gasteiger partial charge in [0.2, 0.25) is 0 Å². The van der Waals surface area contributed by atoms with Crippen molar-refractivity contribution in [3.05, 3.63) is 30.3 Å². The fourth-order valence-corrected chi connectivity index (χ4v) is 3.16. The first-order valence-corrected chi connectivity index (χ1v) is 8.20. The lowest BCUT2D eigenvalue weighted by Gasteiger charge is -2.38. The van der Waals surface area contributed by atoms with Crippen LogP contribution >= 0.6 is 0 Å². The van der Waals surface area contributed by atoms with E-state index in [9.17, 15) is 0 Å². The van der Waals surface area contributed by atoms with Crippen molar-refractivity contribution in [1.82, 2.24) is 4.48 Å². The van der Waals surface area contributed by atoms with Crippen LogP contribution in [0.5, 0.6) is 0 Å². The molecular formula is C18H32ClN. The van der Waals surface area contributed by atoms with Crippen molar-refractivity contribution in [3.63, 3.8) is 0 Å². The summed E-state index contributed by atoms with van der Waals surface area (Å²) in [5, 5.41) is 0. The second kappa shape index (κ2) is 11.2. The van der Waals surface area contributed by atoms with Gasteiger partial charge >= 0.3 is 0 Å². The number of hydrogen-bond donors (Lipinski definition) is 0. The fourth-order valence-electron chi connectivity index (χ4n) is 3.16.